The lowest BCUT2D eigenvalue weighted by molar-refractivity contribution is 0.480. The molecule has 0 amide bonds. The van der Waals surface area contributed by atoms with Crippen molar-refractivity contribution in [2.45, 2.75) is 31.7 Å². The molecule has 0 heterocycles. The van der Waals surface area contributed by atoms with Gasteiger partial charge in [-0.3, -0.25) is 11.3 Å². The van der Waals surface area contributed by atoms with Crippen LogP contribution in [0.1, 0.15) is 37.3 Å². The molecule has 16 heavy (non-hydrogen) atoms. The summed E-state index contributed by atoms with van der Waals surface area (Å²) >= 11 is 3.19. The van der Waals surface area contributed by atoms with E-state index in [2.05, 4.69) is 21.4 Å². The highest BCUT2D eigenvalue weighted by Crippen LogP contribution is 2.36. The Balaban J connectivity index is 2.02. The fraction of sp³-hybridized carbons (Fsp3) is 0.500. The Morgan fingerprint density at radius 2 is 2.25 bits per heavy atom. The van der Waals surface area contributed by atoms with E-state index in [4.69, 9.17) is 5.84 Å². The third-order valence-corrected chi connectivity index (χ3v) is 3.72. The first-order valence-electron chi connectivity index (χ1n) is 5.62. The first kappa shape index (κ1) is 12.0. The van der Waals surface area contributed by atoms with E-state index in [0.717, 1.165) is 17.9 Å². The maximum atomic E-state index is 13.1. The molecule has 0 radical (unpaired) electrons. The molecule has 1 aromatic carbocycles. The van der Waals surface area contributed by atoms with Crippen molar-refractivity contribution in [3.8, 4) is 0 Å². The van der Waals surface area contributed by atoms with Crippen LogP contribution in [-0.2, 0) is 0 Å². The zero-order valence-electron chi connectivity index (χ0n) is 9.05. The molecular weight excluding hydrogens is 271 g/mol. The summed E-state index contributed by atoms with van der Waals surface area (Å²) in [6.07, 6.45) is 4.91. The molecule has 1 fully saturated rings. The minimum Gasteiger partial charge on any atom is -0.271 e. The van der Waals surface area contributed by atoms with Gasteiger partial charge < -0.3 is 0 Å². The molecular formula is C12H16BrFN2. The standard InChI is InChI=1S/C12H16BrFN2/c13-10-7-9(4-5-11(10)14)12(16-15)6-3-8-1-2-8/h4-5,7-8,12,16H,1-3,6,15H2. The lowest BCUT2D eigenvalue weighted by Gasteiger charge is -2.16. The van der Waals surface area contributed by atoms with Gasteiger partial charge in [-0.05, 0) is 52.4 Å². The average Bonchev–Trinajstić information content (AvgIpc) is 3.08. The van der Waals surface area contributed by atoms with Crippen LogP contribution in [0.25, 0.3) is 0 Å². The van der Waals surface area contributed by atoms with Crippen LogP contribution in [0.2, 0.25) is 0 Å². The molecule has 1 aliphatic carbocycles. The van der Waals surface area contributed by atoms with Crippen LogP contribution in [0.3, 0.4) is 0 Å². The normalized spacial score (nSPS) is 17.4. The van der Waals surface area contributed by atoms with Crippen LogP contribution < -0.4 is 11.3 Å². The molecule has 1 saturated carbocycles. The monoisotopic (exact) mass is 286 g/mol. The van der Waals surface area contributed by atoms with Crippen molar-refractivity contribution in [1.82, 2.24) is 5.43 Å². The number of benzene rings is 1. The molecule has 0 aromatic heterocycles. The summed E-state index contributed by atoms with van der Waals surface area (Å²) in [7, 11) is 0. The molecule has 2 rings (SSSR count). The Kier molecular flexibility index (Phi) is 3.95. The molecule has 0 spiro atoms. The Labute approximate surface area is 104 Å². The fourth-order valence-corrected chi connectivity index (χ4v) is 2.28. The fourth-order valence-electron chi connectivity index (χ4n) is 1.88. The number of rotatable bonds is 5. The zero-order chi connectivity index (χ0) is 11.5. The Hall–Kier alpha value is -0.450. The van der Waals surface area contributed by atoms with E-state index in [1.54, 1.807) is 12.1 Å². The largest absolute Gasteiger partial charge is 0.271 e. The molecule has 0 aliphatic heterocycles. The van der Waals surface area contributed by atoms with Gasteiger partial charge in [-0.15, -0.1) is 0 Å². The molecule has 3 N–H and O–H groups in total. The van der Waals surface area contributed by atoms with Crippen LogP contribution >= 0.6 is 15.9 Å². The Morgan fingerprint density at radius 1 is 1.50 bits per heavy atom. The maximum absolute atomic E-state index is 13.1. The molecule has 1 aliphatic rings. The highest BCUT2D eigenvalue weighted by atomic mass is 79.9. The Bertz CT molecular complexity index is 366. The molecule has 4 heteroatoms. The molecule has 0 bridgehead atoms. The van der Waals surface area contributed by atoms with Crippen LogP contribution in [0.4, 0.5) is 4.39 Å². The lowest BCUT2D eigenvalue weighted by Crippen LogP contribution is -2.28. The first-order valence-corrected chi connectivity index (χ1v) is 6.41. The predicted octanol–water partition coefficient (Wildman–Crippen LogP) is 3.28. The van der Waals surface area contributed by atoms with Gasteiger partial charge in [0, 0.05) is 6.04 Å². The molecule has 2 nitrogen and oxygen atoms in total. The third kappa shape index (κ3) is 3.03. The number of hydrogen-bond donors (Lipinski definition) is 2. The quantitative estimate of drug-likeness (QED) is 0.644. The second-order valence-electron chi connectivity index (χ2n) is 4.41. The summed E-state index contributed by atoms with van der Waals surface area (Å²) in [4.78, 5) is 0. The Morgan fingerprint density at radius 3 is 2.81 bits per heavy atom. The lowest BCUT2D eigenvalue weighted by atomic mass is 10.0. The second kappa shape index (κ2) is 5.25. The summed E-state index contributed by atoms with van der Waals surface area (Å²) in [6.45, 7) is 0. The third-order valence-electron chi connectivity index (χ3n) is 3.11. The summed E-state index contributed by atoms with van der Waals surface area (Å²) in [6, 6.07) is 5.18. The summed E-state index contributed by atoms with van der Waals surface area (Å²) in [5.74, 6) is 6.19. The van der Waals surface area contributed by atoms with Gasteiger partial charge in [0.2, 0.25) is 0 Å². The van der Waals surface area contributed by atoms with E-state index in [-0.39, 0.29) is 11.9 Å². The SMILES string of the molecule is NNC(CCC1CC1)c1ccc(F)c(Br)c1. The van der Waals surface area contributed by atoms with Gasteiger partial charge in [-0.1, -0.05) is 18.9 Å². The van der Waals surface area contributed by atoms with Crippen molar-refractivity contribution in [2.75, 3.05) is 0 Å². The zero-order valence-corrected chi connectivity index (χ0v) is 10.6. The minimum absolute atomic E-state index is 0.123. The summed E-state index contributed by atoms with van der Waals surface area (Å²) < 4.78 is 13.6. The van der Waals surface area contributed by atoms with Gasteiger partial charge >= 0.3 is 0 Å². The second-order valence-corrected chi connectivity index (χ2v) is 5.27. The minimum atomic E-state index is -0.235. The van der Waals surface area contributed by atoms with Crippen LogP contribution in [0.15, 0.2) is 22.7 Å². The number of hydrogen-bond acceptors (Lipinski definition) is 2. The van der Waals surface area contributed by atoms with E-state index in [1.807, 2.05) is 0 Å². The number of nitrogens with two attached hydrogens (primary N) is 1. The van der Waals surface area contributed by atoms with Crippen molar-refractivity contribution in [2.24, 2.45) is 11.8 Å². The molecule has 1 atom stereocenters. The van der Waals surface area contributed by atoms with E-state index in [1.165, 1.54) is 25.3 Å². The number of hydrazine groups is 1. The number of nitrogens with one attached hydrogen (secondary N) is 1. The average molecular weight is 287 g/mol. The van der Waals surface area contributed by atoms with Crippen molar-refractivity contribution >= 4 is 15.9 Å². The van der Waals surface area contributed by atoms with E-state index in [0.29, 0.717) is 4.47 Å². The van der Waals surface area contributed by atoms with Gasteiger partial charge in [0.05, 0.1) is 4.47 Å². The van der Waals surface area contributed by atoms with Crippen molar-refractivity contribution in [3.63, 3.8) is 0 Å². The maximum Gasteiger partial charge on any atom is 0.137 e. The van der Waals surface area contributed by atoms with Crippen LogP contribution in [0.5, 0.6) is 0 Å². The topological polar surface area (TPSA) is 38.0 Å². The van der Waals surface area contributed by atoms with Gasteiger partial charge in [-0.25, -0.2) is 4.39 Å². The van der Waals surface area contributed by atoms with Crippen molar-refractivity contribution in [3.05, 3.63) is 34.1 Å². The predicted molar refractivity (Wildman–Crippen MR) is 66.1 cm³/mol. The summed E-state index contributed by atoms with van der Waals surface area (Å²) in [5.41, 5.74) is 3.84. The van der Waals surface area contributed by atoms with Gasteiger partial charge in [0.15, 0.2) is 0 Å². The molecule has 1 aromatic rings. The molecule has 0 saturated heterocycles. The molecule has 1 unspecified atom stereocenters. The van der Waals surface area contributed by atoms with E-state index in [9.17, 15) is 4.39 Å². The first-order chi connectivity index (χ1) is 7.70. The number of halogens is 2. The van der Waals surface area contributed by atoms with Gasteiger partial charge in [-0.2, -0.15) is 0 Å². The summed E-state index contributed by atoms with van der Waals surface area (Å²) in [5, 5.41) is 0. The van der Waals surface area contributed by atoms with Crippen LogP contribution in [0, 0.1) is 11.7 Å². The molecule has 88 valence electrons. The smallest absolute Gasteiger partial charge is 0.137 e. The highest BCUT2D eigenvalue weighted by Gasteiger charge is 2.22. The van der Waals surface area contributed by atoms with Crippen molar-refractivity contribution < 1.29 is 4.39 Å². The van der Waals surface area contributed by atoms with E-state index < -0.39 is 0 Å². The van der Waals surface area contributed by atoms with Gasteiger partial charge in [0.1, 0.15) is 5.82 Å². The van der Waals surface area contributed by atoms with E-state index >= 15 is 0 Å². The van der Waals surface area contributed by atoms with Crippen LogP contribution in [-0.4, -0.2) is 0 Å². The van der Waals surface area contributed by atoms with Crippen molar-refractivity contribution in [1.29, 1.82) is 0 Å². The highest BCUT2D eigenvalue weighted by molar-refractivity contribution is 9.10. The van der Waals surface area contributed by atoms with Gasteiger partial charge in [0.25, 0.3) is 0 Å².